The number of aryl methyl sites for hydroxylation is 1. The van der Waals surface area contributed by atoms with Crippen LogP contribution in [-0.2, 0) is 13.0 Å². The molecule has 2 heterocycles. The van der Waals surface area contributed by atoms with Crippen LogP contribution < -0.4 is 5.73 Å². The monoisotopic (exact) mass is 203 g/mol. The predicted octanol–water partition coefficient (Wildman–Crippen LogP) is 0.683. The molecule has 2 N–H and O–H groups in total. The number of aromatic nitrogens is 4. The Labute approximate surface area is 88.0 Å². The van der Waals surface area contributed by atoms with Gasteiger partial charge in [0.2, 0.25) is 0 Å². The van der Waals surface area contributed by atoms with Gasteiger partial charge < -0.3 is 5.73 Å². The summed E-state index contributed by atoms with van der Waals surface area (Å²) in [7, 11) is 0. The molecule has 0 atom stereocenters. The van der Waals surface area contributed by atoms with E-state index in [2.05, 4.69) is 21.9 Å². The molecule has 5 nitrogen and oxygen atoms in total. The fraction of sp³-hybridized carbons (Fsp3) is 0.300. The minimum Gasteiger partial charge on any atom is -0.325 e. The van der Waals surface area contributed by atoms with Gasteiger partial charge in [-0.15, -0.1) is 0 Å². The summed E-state index contributed by atoms with van der Waals surface area (Å²) in [5, 5.41) is 0. The van der Waals surface area contributed by atoms with Crippen molar-refractivity contribution in [1.82, 2.24) is 19.5 Å². The molecule has 0 bridgehead atoms. The van der Waals surface area contributed by atoms with E-state index in [0.717, 1.165) is 23.8 Å². The molecule has 5 heteroatoms. The van der Waals surface area contributed by atoms with Gasteiger partial charge in [-0.25, -0.2) is 9.97 Å². The van der Waals surface area contributed by atoms with Gasteiger partial charge in [-0.1, -0.05) is 6.92 Å². The van der Waals surface area contributed by atoms with E-state index in [0.29, 0.717) is 6.54 Å². The SMILES string of the molecule is CCc1nccn1-c1cnc(CN)cn1. The summed E-state index contributed by atoms with van der Waals surface area (Å²) in [4.78, 5) is 12.7. The molecule has 0 radical (unpaired) electrons. The zero-order valence-electron chi connectivity index (χ0n) is 8.59. The molecule has 0 aliphatic heterocycles. The highest BCUT2D eigenvalue weighted by atomic mass is 15.1. The van der Waals surface area contributed by atoms with Crippen molar-refractivity contribution >= 4 is 0 Å². The lowest BCUT2D eigenvalue weighted by Gasteiger charge is -2.04. The van der Waals surface area contributed by atoms with Gasteiger partial charge >= 0.3 is 0 Å². The minimum atomic E-state index is 0.415. The molecule has 2 aromatic rings. The van der Waals surface area contributed by atoms with E-state index in [1.165, 1.54) is 0 Å². The van der Waals surface area contributed by atoms with Crippen molar-refractivity contribution in [3.8, 4) is 5.82 Å². The van der Waals surface area contributed by atoms with Gasteiger partial charge in [0.05, 0.1) is 18.1 Å². The van der Waals surface area contributed by atoms with E-state index in [1.807, 2.05) is 10.8 Å². The molecule has 2 rings (SSSR count). The zero-order valence-corrected chi connectivity index (χ0v) is 8.59. The molecule has 0 spiro atoms. The molecule has 0 unspecified atom stereocenters. The van der Waals surface area contributed by atoms with Crippen LogP contribution in [0.3, 0.4) is 0 Å². The van der Waals surface area contributed by atoms with Crippen molar-refractivity contribution in [2.75, 3.05) is 0 Å². The Hall–Kier alpha value is -1.75. The lowest BCUT2D eigenvalue weighted by atomic mass is 10.4. The maximum Gasteiger partial charge on any atom is 0.156 e. The van der Waals surface area contributed by atoms with Crippen LogP contribution in [0.1, 0.15) is 18.4 Å². The lowest BCUT2D eigenvalue weighted by molar-refractivity contribution is 0.847. The van der Waals surface area contributed by atoms with Crippen molar-refractivity contribution < 1.29 is 0 Å². The highest BCUT2D eigenvalue weighted by Gasteiger charge is 2.03. The molecule has 0 saturated heterocycles. The number of imidazole rings is 1. The molecule has 78 valence electrons. The quantitative estimate of drug-likeness (QED) is 0.796. The van der Waals surface area contributed by atoms with Crippen LogP contribution in [0.2, 0.25) is 0 Å². The maximum atomic E-state index is 5.45. The van der Waals surface area contributed by atoms with Crippen LogP contribution in [0.4, 0.5) is 0 Å². The molecular formula is C10H13N5. The van der Waals surface area contributed by atoms with E-state index in [9.17, 15) is 0 Å². The average molecular weight is 203 g/mol. The van der Waals surface area contributed by atoms with Gasteiger partial charge in [0.1, 0.15) is 5.82 Å². The Kier molecular flexibility index (Phi) is 2.73. The molecule has 0 fully saturated rings. The van der Waals surface area contributed by atoms with Gasteiger partial charge in [-0.05, 0) is 0 Å². The third kappa shape index (κ3) is 1.87. The number of nitrogens with zero attached hydrogens (tertiary/aromatic N) is 4. The fourth-order valence-corrected chi connectivity index (χ4v) is 1.38. The molecule has 0 amide bonds. The standard InChI is InChI=1S/C10H13N5/c1-2-9-12-3-4-15(9)10-7-13-8(5-11)6-14-10/h3-4,6-7H,2,5,11H2,1H3. The third-order valence-electron chi connectivity index (χ3n) is 2.18. The van der Waals surface area contributed by atoms with Crippen molar-refractivity contribution in [3.05, 3.63) is 36.3 Å². The molecule has 2 aromatic heterocycles. The normalized spacial score (nSPS) is 10.5. The second-order valence-corrected chi connectivity index (χ2v) is 3.14. The van der Waals surface area contributed by atoms with Crippen LogP contribution in [0.25, 0.3) is 5.82 Å². The molecular weight excluding hydrogens is 190 g/mol. The first-order valence-corrected chi connectivity index (χ1v) is 4.88. The van der Waals surface area contributed by atoms with Crippen LogP contribution in [-0.4, -0.2) is 19.5 Å². The first-order chi connectivity index (χ1) is 7.35. The van der Waals surface area contributed by atoms with E-state index in [4.69, 9.17) is 5.73 Å². The summed E-state index contributed by atoms with van der Waals surface area (Å²) in [5.41, 5.74) is 6.24. The van der Waals surface area contributed by atoms with E-state index < -0.39 is 0 Å². The first-order valence-electron chi connectivity index (χ1n) is 4.88. The fourth-order valence-electron chi connectivity index (χ4n) is 1.38. The topological polar surface area (TPSA) is 69.6 Å². The second kappa shape index (κ2) is 4.18. The van der Waals surface area contributed by atoms with Gasteiger partial charge in [0.25, 0.3) is 0 Å². The summed E-state index contributed by atoms with van der Waals surface area (Å²) in [6.07, 6.45) is 7.91. The van der Waals surface area contributed by atoms with Crippen molar-refractivity contribution in [1.29, 1.82) is 0 Å². The summed E-state index contributed by atoms with van der Waals surface area (Å²) < 4.78 is 1.92. The maximum absolute atomic E-state index is 5.45. The lowest BCUT2D eigenvalue weighted by Crippen LogP contribution is -2.05. The van der Waals surface area contributed by atoms with Crippen LogP contribution in [0.15, 0.2) is 24.8 Å². The molecule has 0 aliphatic carbocycles. The summed E-state index contributed by atoms with van der Waals surface area (Å²) >= 11 is 0. The Bertz CT molecular complexity index is 431. The Morgan fingerprint density at radius 1 is 1.27 bits per heavy atom. The summed E-state index contributed by atoms with van der Waals surface area (Å²) in [6, 6.07) is 0. The largest absolute Gasteiger partial charge is 0.325 e. The number of hydrogen-bond acceptors (Lipinski definition) is 4. The number of nitrogens with two attached hydrogens (primary N) is 1. The smallest absolute Gasteiger partial charge is 0.156 e. The van der Waals surface area contributed by atoms with Gasteiger partial charge in [0, 0.05) is 25.4 Å². The Balaban J connectivity index is 2.37. The molecule has 0 aliphatic rings. The third-order valence-corrected chi connectivity index (χ3v) is 2.18. The number of rotatable bonds is 3. The summed E-state index contributed by atoms with van der Waals surface area (Å²) in [6.45, 7) is 2.47. The van der Waals surface area contributed by atoms with Gasteiger partial charge in [-0.3, -0.25) is 9.55 Å². The highest BCUT2D eigenvalue weighted by Crippen LogP contribution is 2.07. The minimum absolute atomic E-state index is 0.415. The molecule has 0 saturated carbocycles. The van der Waals surface area contributed by atoms with Crippen molar-refractivity contribution in [3.63, 3.8) is 0 Å². The van der Waals surface area contributed by atoms with Crippen LogP contribution in [0, 0.1) is 0 Å². The Morgan fingerprint density at radius 2 is 2.13 bits per heavy atom. The molecule has 15 heavy (non-hydrogen) atoms. The number of hydrogen-bond donors (Lipinski definition) is 1. The van der Waals surface area contributed by atoms with Crippen LogP contribution in [0.5, 0.6) is 0 Å². The zero-order chi connectivity index (χ0) is 10.7. The second-order valence-electron chi connectivity index (χ2n) is 3.14. The molecule has 0 aromatic carbocycles. The predicted molar refractivity (Wildman–Crippen MR) is 56.4 cm³/mol. The summed E-state index contributed by atoms with van der Waals surface area (Å²) in [5.74, 6) is 1.76. The van der Waals surface area contributed by atoms with Crippen molar-refractivity contribution in [2.24, 2.45) is 5.73 Å². The van der Waals surface area contributed by atoms with E-state index >= 15 is 0 Å². The van der Waals surface area contributed by atoms with Crippen molar-refractivity contribution in [2.45, 2.75) is 19.9 Å². The first kappa shape index (κ1) is 9.79. The highest BCUT2D eigenvalue weighted by molar-refractivity contribution is 5.21. The average Bonchev–Trinajstić information content (AvgIpc) is 2.77. The van der Waals surface area contributed by atoms with Crippen LogP contribution >= 0.6 is 0 Å². The van der Waals surface area contributed by atoms with E-state index in [-0.39, 0.29) is 0 Å². The van der Waals surface area contributed by atoms with Gasteiger partial charge in [-0.2, -0.15) is 0 Å². The van der Waals surface area contributed by atoms with Gasteiger partial charge in [0.15, 0.2) is 5.82 Å². The van der Waals surface area contributed by atoms with E-state index in [1.54, 1.807) is 18.6 Å². The Morgan fingerprint density at radius 3 is 2.73 bits per heavy atom.